The molecule has 27 heavy (non-hydrogen) atoms. The summed E-state index contributed by atoms with van der Waals surface area (Å²) in [6, 6.07) is 10.6. The quantitative estimate of drug-likeness (QED) is 0.718. The molecule has 0 amide bonds. The van der Waals surface area contributed by atoms with Gasteiger partial charge in [0, 0.05) is 39.4 Å². The van der Waals surface area contributed by atoms with Crippen molar-refractivity contribution in [2.75, 3.05) is 43.4 Å². The average molecular weight is 388 g/mol. The van der Waals surface area contributed by atoms with E-state index in [1.807, 2.05) is 16.7 Å². The fourth-order valence-corrected chi connectivity index (χ4v) is 5.26. The number of benzene rings is 1. The molecule has 3 aromatic rings. The van der Waals surface area contributed by atoms with Gasteiger partial charge in [-0.1, -0.05) is 12.1 Å². The predicted molar refractivity (Wildman–Crippen MR) is 104 cm³/mol. The van der Waals surface area contributed by atoms with Gasteiger partial charge in [0.15, 0.2) is 0 Å². The largest absolute Gasteiger partial charge is 0.384 e. The van der Waals surface area contributed by atoms with Crippen LogP contribution in [0.5, 0.6) is 0 Å². The van der Waals surface area contributed by atoms with Gasteiger partial charge in [0.05, 0.1) is 16.1 Å². The molecule has 3 heterocycles. The summed E-state index contributed by atoms with van der Waals surface area (Å²) < 4.78 is 42.4. The zero-order valence-corrected chi connectivity index (χ0v) is 15.8. The number of sulfone groups is 1. The van der Waals surface area contributed by atoms with Gasteiger partial charge in [0.1, 0.15) is 16.5 Å². The Balaban J connectivity index is 2.01. The van der Waals surface area contributed by atoms with Crippen LogP contribution in [0.4, 0.5) is 15.9 Å². The monoisotopic (exact) mass is 388 g/mol. The molecule has 1 aromatic carbocycles. The highest BCUT2D eigenvalue weighted by Crippen LogP contribution is 2.41. The van der Waals surface area contributed by atoms with E-state index in [1.165, 1.54) is 18.2 Å². The number of fused-ring (bicyclic) bond motifs is 1. The number of nitrogens with zero attached hydrogens (tertiary/aromatic N) is 2. The van der Waals surface area contributed by atoms with Gasteiger partial charge in [-0.05, 0) is 30.3 Å². The first kappa shape index (κ1) is 17.8. The van der Waals surface area contributed by atoms with Crippen molar-refractivity contribution >= 4 is 26.9 Å². The summed E-state index contributed by atoms with van der Waals surface area (Å²) in [7, 11) is -2.20. The maximum absolute atomic E-state index is 13.7. The Morgan fingerprint density at radius 3 is 2.59 bits per heavy atom. The van der Waals surface area contributed by atoms with Gasteiger partial charge >= 0.3 is 0 Å². The highest BCUT2D eigenvalue weighted by molar-refractivity contribution is 7.92. The Kier molecular flexibility index (Phi) is 4.53. The third-order valence-corrected chi connectivity index (χ3v) is 6.64. The van der Waals surface area contributed by atoms with Crippen LogP contribution in [0.2, 0.25) is 0 Å². The number of nitrogens with one attached hydrogen (secondary N) is 2. The first-order valence-electron chi connectivity index (χ1n) is 8.81. The lowest BCUT2D eigenvalue weighted by molar-refractivity contribution is 0.584. The summed E-state index contributed by atoms with van der Waals surface area (Å²) in [5, 5.41) is 6.39. The topological polar surface area (TPSA) is 65.8 Å². The van der Waals surface area contributed by atoms with Crippen LogP contribution in [-0.2, 0) is 9.84 Å². The Morgan fingerprint density at radius 1 is 1.11 bits per heavy atom. The minimum absolute atomic E-state index is 0.0535. The molecule has 4 rings (SSSR count). The summed E-state index contributed by atoms with van der Waals surface area (Å²) in [6.07, 6.45) is 1.86. The zero-order chi connectivity index (χ0) is 19.0. The molecule has 2 aromatic heterocycles. The number of hydrogen-bond donors (Lipinski definition) is 2. The summed E-state index contributed by atoms with van der Waals surface area (Å²) in [4.78, 5) is 2.28. The number of rotatable bonds is 4. The molecule has 0 spiro atoms. The van der Waals surface area contributed by atoms with Crippen molar-refractivity contribution in [3.05, 3.63) is 54.5 Å². The highest BCUT2D eigenvalue weighted by Gasteiger charge is 2.31. The van der Waals surface area contributed by atoms with E-state index in [0.717, 1.165) is 38.1 Å². The number of halogens is 1. The van der Waals surface area contributed by atoms with E-state index in [1.54, 1.807) is 19.2 Å². The molecular weight excluding hydrogens is 367 g/mol. The zero-order valence-electron chi connectivity index (χ0n) is 14.9. The van der Waals surface area contributed by atoms with E-state index in [-0.39, 0.29) is 9.79 Å². The number of anilines is 2. The normalized spacial score (nSPS) is 15.3. The molecule has 8 heteroatoms. The number of piperazine rings is 1. The van der Waals surface area contributed by atoms with E-state index in [2.05, 4.69) is 15.5 Å². The lowest BCUT2D eigenvalue weighted by atomic mass is 10.3. The van der Waals surface area contributed by atoms with Crippen molar-refractivity contribution in [3.8, 4) is 0 Å². The lowest BCUT2D eigenvalue weighted by Gasteiger charge is -2.30. The van der Waals surface area contributed by atoms with Crippen molar-refractivity contribution in [1.29, 1.82) is 0 Å². The number of aromatic nitrogens is 1. The highest BCUT2D eigenvalue weighted by atomic mass is 32.2. The van der Waals surface area contributed by atoms with Gasteiger partial charge in [-0.25, -0.2) is 12.8 Å². The van der Waals surface area contributed by atoms with Gasteiger partial charge in [-0.2, -0.15) is 0 Å². The maximum atomic E-state index is 13.7. The van der Waals surface area contributed by atoms with Crippen LogP contribution >= 0.6 is 0 Å². The third-order valence-electron chi connectivity index (χ3n) is 4.81. The van der Waals surface area contributed by atoms with E-state index in [9.17, 15) is 12.8 Å². The number of hydrogen-bond acceptors (Lipinski definition) is 5. The molecule has 142 valence electrons. The van der Waals surface area contributed by atoms with E-state index >= 15 is 0 Å². The Bertz CT molecular complexity index is 1090. The first-order valence-corrected chi connectivity index (χ1v) is 10.3. The Labute approximate surface area is 157 Å². The molecule has 1 aliphatic heterocycles. The molecule has 0 radical (unpaired) electrons. The van der Waals surface area contributed by atoms with Gasteiger partial charge in [-0.15, -0.1) is 0 Å². The van der Waals surface area contributed by atoms with Crippen molar-refractivity contribution in [2.45, 2.75) is 9.79 Å². The number of pyridine rings is 1. The van der Waals surface area contributed by atoms with E-state index in [0.29, 0.717) is 11.2 Å². The minimum atomic E-state index is -3.91. The first-order chi connectivity index (χ1) is 13.0. The molecule has 1 fully saturated rings. The minimum Gasteiger partial charge on any atom is -0.384 e. The van der Waals surface area contributed by atoms with Gasteiger partial charge in [0.25, 0.3) is 0 Å². The van der Waals surface area contributed by atoms with Crippen LogP contribution < -0.4 is 15.5 Å². The molecule has 0 atom stereocenters. The van der Waals surface area contributed by atoms with Crippen LogP contribution in [0, 0.1) is 5.82 Å². The van der Waals surface area contributed by atoms with Crippen LogP contribution in [0.25, 0.3) is 5.52 Å². The molecular formula is C19H21FN4O2S. The molecule has 0 saturated carbocycles. The van der Waals surface area contributed by atoms with Crippen LogP contribution in [-0.4, -0.2) is 46.0 Å². The fraction of sp³-hybridized carbons (Fsp3) is 0.263. The molecule has 1 aliphatic rings. The fourth-order valence-electron chi connectivity index (χ4n) is 3.60. The summed E-state index contributed by atoms with van der Waals surface area (Å²) in [5.41, 5.74) is 1.10. The predicted octanol–water partition coefficient (Wildman–Crippen LogP) is 2.36. The van der Waals surface area contributed by atoms with Crippen LogP contribution in [0.1, 0.15) is 0 Å². The SMILES string of the molecule is CNc1c(S(=O)(=O)c2cccc(F)c2)c2ccccn2c1N1CCNCC1. The lowest BCUT2D eigenvalue weighted by Crippen LogP contribution is -2.44. The molecule has 0 aliphatic carbocycles. The standard InChI is InChI=1S/C19H21FN4O2S/c1-21-17-18(27(25,26)15-6-4-5-14(20)13-15)16-7-2-3-10-24(16)19(17)23-11-8-22-9-12-23/h2-7,10,13,21-22H,8-9,11-12H2,1H3. The second-order valence-corrected chi connectivity index (χ2v) is 8.32. The van der Waals surface area contributed by atoms with Crippen LogP contribution in [0.3, 0.4) is 0 Å². The van der Waals surface area contributed by atoms with E-state index in [4.69, 9.17) is 0 Å². The average Bonchev–Trinajstić information content (AvgIpc) is 3.03. The Hall–Kier alpha value is -2.58. The summed E-state index contributed by atoms with van der Waals surface area (Å²) in [6.45, 7) is 3.20. The van der Waals surface area contributed by atoms with Gasteiger partial charge in [0.2, 0.25) is 9.84 Å². The molecule has 0 bridgehead atoms. The second-order valence-electron chi connectivity index (χ2n) is 6.43. The van der Waals surface area contributed by atoms with Crippen molar-refractivity contribution < 1.29 is 12.8 Å². The van der Waals surface area contributed by atoms with Crippen molar-refractivity contribution in [3.63, 3.8) is 0 Å². The smallest absolute Gasteiger partial charge is 0.210 e. The summed E-state index contributed by atoms with van der Waals surface area (Å²) >= 11 is 0. The van der Waals surface area contributed by atoms with Crippen molar-refractivity contribution in [1.82, 2.24) is 9.72 Å². The molecule has 1 saturated heterocycles. The van der Waals surface area contributed by atoms with Crippen LogP contribution in [0.15, 0.2) is 58.5 Å². The van der Waals surface area contributed by atoms with Gasteiger partial charge < -0.3 is 19.9 Å². The third kappa shape index (κ3) is 2.94. The summed E-state index contributed by atoms with van der Waals surface area (Å²) in [5.74, 6) is 0.234. The second kappa shape index (κ2) is 6.86. The Morgan fingerprint density at radius 2 is 1.89 bits per heavy atom. The maximum Gasteiger partial charge on any atom is 0.210 e. The van der Waals surface area contributed by atoms with Gasteiger partial charge in [-0.3, -0.25) is 0 Å². The molecule has 2 N–H and O–H groups in total. The van der Waals surface area contributed by atoms with Crippen molar-refractivity contribution in [2.24, 2.45) is 0 Å². The molecule has 6 nitrogen and oxygen atoms in total. The van der Waals surface area contributed by atoms with E-state index < -0.39 is 15.7 Å². The molecule has 0 unspecified atom stereocenters.